The number of benzene rings is 1. The number of halogens is 1. The largest absolute Gasteiger partial charge is 0.346 e. The zero-order valence-electron chi connectivity index (χ0n) is 13.3. The minimum absolute atomic E-state index is 0. The molecule has 0 spiro atoms. The minimum Gasteiger partial charge on any atom is -0.346 e. The van der Waals surface area contributed by atoms with Gasteiger partial charge in [-0.2, -0.15) is 0 Å². The topological polar surface area (TPSA) is 97.1 Å². The number of hydrogen-bond donors (Lipinski definition) is 3. The number of amides is 2. The number of anilines is 1. The molecule has 1 aromatic carbocycles. The summed E-state index contributed by atoms with van der Waals surface area (Å²) in [5.41, 5.74) is 6.77. The van der Waals surface area contributed by atoms with E-state index in [1.54, 1.807) is 17.4 Å². The molecular formula is C15H21ClN4O2S. The number of aromatic nitrogens is 1. The van der Waals surface area contributed by atoms with Crippen LogP contribution in [0, 0.1) is 0 Å². The van der Waals surface area contributed by atoms with Crippen LogP contribution < -0.4 is 16.4 Å². The molecule has 0 aliphatic heterocycles. The van der Waals surface area contributed by atoms with Gasteiger partial charge in [0.15, 0.2) is 0 Å². The van der Waals surface area contributed by atoms with Gasteiger partial charge in [0.05, 0.1) is 28.3 Å². The normalized spacial score (nSPS) is 11.0. The van der Waals surface area contributed by atoms with Crippen molar-refractivity contribution in [1.82, 2.24) is 10.3 Å². The standard InChI is InChI=1S/C15H20N4O2S.ClH/c1-15(2,3)14-19-10-5-4-9(6-11(10)22-14)18-13(21)8-17-12(20)7-16;/h4-6H,7-8,16H2,1-3H3,(H,17,20)(H,18,21);1H. The molecule has 0 fully saturated rings. The first kappa shape index (κ1) is 19.3. The molecule has 1 aromatic heterocycles. The lowest BCUT2D eigenvalue weighted by molar-refractivity contribution is -0.123. The van der Waals surface area contributed by atoms with Gasteiger partial charge in [0.1, 0.15) is 0 Å². The van der Waals surface area contributed by atoms with Crippen LogP contribution in [0.15, 0.2) is 18.2 Å². The van der Waals surface area contributed by atoms with Gasteiger partial charge < -0.3 is 16.4 Å². The van der Waals surface area contributed by atoms with Gasteiger partial charge in [0, 0.05) is 11.1 Å². The van der Waals surface area contributed by atoms with Gasteiger partial charge in [-0.1, -0.05) is 20.8 Å². The molecule has 2 aromatic rings. The molecular weight excluding hydrogens is 336 g/mol. The summed E-state index contributed by atoms with van der Waals surface area (Å²) in [6.07, 6.45) is 0. The van der Waals surface area contributed by atoms with Gasteiger partial charge in [-0.05, 0) is 18.2 Å². The molecule has 0 saturated carbocycles. The highest BCUT2D eigenvalue weighted by Gasteiger charge is 2.18. The van der Waals surface area contributed by atoms with Gasteiger partial charge in [-0.25, -0.2) is 4.98 Å². The minimum atomic E-state index is -0.358. The summed E-state index contributed by atoms with van der Waals surface area (Å²) in [4.78, 5) is 27.4. The number of carbonyl (C=O) groups is 2. The van der Waals surface area contributed by atoms with E-state index in [1.165, 1.54) is 0 Å². The van der Waals surface area contributed by atoms with E-state index < -0.39 is 0 Å². The molecule has 0 atom stereocenters. The number of nitrogens with zero attached hydrogens (tertiary/aromatic N) is 1. The molecule has 1 heterocycles. The first-order valence-corrected chi connectivity index (χ1v) is 7.79. The number of carbonyl (C=O) groups excluding carboxylic acids is 2. The lowest BCUT2D eigenvalue weighted by atomic mass is 9.98. The predicted octanol–water partition coefficient (Wildman–Crippen LogP) is 2.03. The van der Waals surface area contributed by atoms with Crippen LogP contribution in [0.2, 0.25) is 0 Å². The Morgan fingerprint density at radius 2 is 1.96 bits per heavy atom. The zero-order chi connectivity index (χ0) is 16.3. The Balaban J connectivity index is 0.00000264. The highest BCUT2D eigenvalue weighted by molar-refractivity contribution is 7.18. The van der Waals surface area contributed by atoms with E-state index in [0.29, 0.717) is 5.69 Å². The summed E-state index contributed by atoms with van der Waals surface area (Å²) in [7, 11) is 0. The maximum atomic E-state index is 11.8. The monoisotopic (exact) mass is 356 g/mol. The van der Waals surface area contributed by atoms with E-state index in [9.17, 15) is 9.59 Å². The molecule has 0 saturated heterocycles. The van der Waals surface area contributed by atoms with Crippen LogP contribution in [0.3, 0.4) is 0 Å². The Hall–Kier alpha value is -1.70. The van der Waals surface area contributed by atoms with E-state index in [0.717, 1.165) is 15.2 Å². The quantitative estimate of drug-likeness (QED) is 0.780. The van der Waals surface area contributed by atoms with Crippen molar-refractivity contribution < 1.29 is 9.59 Å². The highest BCUT2D eigenvalue weighted by atomic mass is 35.5. The van der Waals surface area contributed by atoms with Crippen molar-refractivity contribution in [3.63, 3.8) is 0 Å². The molecule has 0 radical (unpaired) electrons. The SMILES string of the molecule is CC(C)(C)c1nc2ccc(NC(=O)CNC(=O)CN)cc2s1.Cl. The molecule has 23 heavy (non-hydrogen) atoms. The number of hydrogen-bond acceptors (Lipinski definition) is 5. The molecule has 2 amide bonds. The van der Waals surface area contributed by atoms with Gasteiger partial charge in [-0.3, -0.25) is 9.59 Å². The summed E-state index contributed by atoms with van der Waals surface area (Å²) in [5, 5.41) is 6.23. The number of thiazole rings is 1. The van der Waals surface area contributed by atoms with E-state index in [2.05, 4.69) is 36.4 Å². The van der Waals surface area contributed by atoms with Crippen molar-refractivity contribution in [3.8, 4) is 0 Å². The van der Waals surface area contributed by atoms with E-state index in [-0.39, 0.29) is 42.7 Å². The number of rotatable bonds is 4. The number of fused-ring (bicyclic) bond motifs is 1. The van der Waals surface area contributed by atoms with Crippen molar-refractivity contribution >= 4 is 51.5 Å². The van der Waals surface area contributed by atoms with Crippen LogP contribution in [-0.4, -0.2) is 29.9 Å². The lowest BCUT2D eigenvalue weighted by Gasteiger charge is -2.13. The maximum Gasteiger partial charge on any atom is 0.243 e. The molecule has 6 nitrogen and oxygen atoms in total. The van der Waals surface area contributed by atoms with Crippen molar-refractivity contribution in [2.24, 2.45) is 5.73 Å². The van der Waals surface area contributed by atoms with Crippen LogP contribution in [0.1, 0.15) is 25.8 Å². The fourth-order valence-electron chi connectivity index (χ4n) is 1.78. The van der Waals surface area contributed by atoms with Crippen LogP contribution in [-0.2, 0) is 15.0 Å². The van der Waals surface area contributed by atoms with Crippen LogP contribution >= 0.6 is 23.7 Å². The Morgan fingerprint density at radius 1 is 1.26 bits per heavy atom. The molecule has 0 unspecified atom stereocenters. The van der Waals surface area contributed by atoms with E-state index >= 15 is 0 Å². The first-order chi connectivity index (χ1) is 10.3. The van der Waals surface area contributed by atoms with Gasteiger partial charge in [-0.15, -0.1) is 23.7 Å². The number of nitrogens with two attached hydrogens (primary N) is 1. The Morgan fingerprint density at radius 3 is 2.57 bits per heavy atom. The Labute approximate surface area is 145 Å². The van der Waals surface area contributed by atoms with Crippen LogP contribution in [0.4, 0.5) is 5.69 Å². The maximum absolute atomic E-state index is 11.8. The van der Waals surface area contributed by atoms with Crippen molar-refractivity contribution in [3.05, 3.63) is 23.2 Å². The highest BCUT2D eigenvalue weighted by Crippen LogP contribution is 2.32. The summed E-state index contributed by atoms with van der Waals surface area (Å²) >= 11 is 1.62. The molecule has 126 valence electrons. The van der Waals surface area contributed by atoms with Gasteiger partial charge >= 0.3 is 0 Å². The second kappa shape index (κ2) is 7.72. The van der Waals surface area contributed by atoms with Crippen molar-refractivity contribution in [2.45, 2.75) is 26.2 Å². The van der Waals surface area contributed by atoms with Crippen molar-refractivity contribution in [1.29, 1.82) is 0 Å². The molecule has 8 heteroatoms. The third-order valence-electron chi connectivity index (χ3n) is 2.95. The van der Waals surface area contributed by atoms with E-state index in [1.807, 2.05) is 12.1 Å². The van der Waals surface area contributed by atoms with Crippen molar-refractivity contribution in [2.75, 3.05) is 18.4 Å². The molecule has 2 rings (SSSR count). The third-order valence-corrected chi connectivity index (χ3v) is 4.39. The first-order valence-electron chi connectivity index (χ1n) is 6.97. The van der Waals surface area contributed by atoms with Crippen LogP contribution in [0.5, 0.6) is 0 Å². The Bertz CT molecular complexity index is 709. The Kier molecular flexibility index (Phi) is 6.49. The fraction of sp³-hybridized carbons (Fsp3) is 0.400. The average molecular weight is 357 g/mol. The summed E-state index contributed by atoms with van der Waals surface area (Å²) in [6.45, 7) is 6.13. The lowest BCUT2D eigenvalue weighted by Crippen LogP contribution is -2.36. The second-order valence-corrected chi connectivity index (χ2v) is 7.01. The summed E-state index contributed by atoms with van der Waals surface area (Å²) in [5.74, 6) is -0.649. The summed E-state index contributed by atoms with van der Waals surface area (Å²) < 4.78 is 1.02. The summed E-state index contributed by atoms with van der Waals surface area (Å²) in [6, 6.07) is 5.58. The van der Waals surface area contributed by atoms with Gasteiger partial charge in [0.25, 0.3) is 0 Å². The second-order valence-electron chi connectivity index (χ2n) is 5.98. The zero-order valence-corrected chi connectivity index (χ0v) is 14.9. The predicted molar refractivity (Wildman–Crippen MR) is 96.3 cm³/mol. The molecule has 4 N–H and O–H groups in total. The molecule has 0 bridgehead atoms. The molecule has 0 aliphatic carbocycles. The molecule has 0 aliphatic rings. The van der Waals surface area contributed by atoms with E-state index in [4.69, 9.17) is 5.73 Å². The average Bonchev–Trinajstić information content (AvgIpc) is 2.88. The third kappa shape index (κ3) is 5.16. The smallest absolute Gasteiger partial charge is 0.243 e. The number of nitrogens with one attached hydrogen (secondary N) is 2. The fourth-order valence-corrected chi connectivity index (χ4v) is 2.84. The van der Waals surface area contributed by atoms with Gasteiger partial charge in [0.2, 0.25) is 11.8 Å². The van der Waals surface area contributed by atoms with Crippen LogP contribution in [0.25, 0.3) is 10.2 Å².